The van der Waals surface area contributed by atoms with Crippen LogP contribution in [0.2, 0.25) is 0 Å². The van der Waals surface area contributed by atoms with Crippen LogP contribution in [0.25, 0.3) is 0 Å². The zero-order valence-corrected chi connectivity index (χ0v) is 80.3. The standard InChI is InChI=1S/2C23H23N3O3.3C22H21N3O3/c1-14-6-4-8-16(10-14)20(17-9-5-7-15(2)11-17)18-13-25(3)23(29)21-22(28)19(27)12-24-26(18)21;1-3-25-14-18(26-21(23(25)29)22(28)19(27)13-24-26)20(16-9-5-4-6-10-16)17-11-7-8-15(2)12-17;3*1-14-7-6-10-16(11-14)19(15-8-4-3-5-9-15)17-13-24(2)22(28)20-21(27)18(26)12-23-25(17)20/h4-12,18,20,28H,13H2,1-3H3;4-13,18,20,28H,3,14H2,1-2H3;3*3-12,17,19,27H,13H2,1-2H3. The predicted octanol–water partition coefficient (Wildman–Crippen LogP) is 14.3. The quantitative estimate of drug-likeness (QED) is 0.0600. The molecule has 0 saturated carbocycles. The summed E-state index contributed by atoms with van der Waals surface area (Å²) in [7, 11) is 6.70. The molecule has 0 spiro atoms. The van der Waals surface area contributed by atoms with E-state index in [1.807, 2.05) is 230 Å². The van der Waals surface area contributed by atoms with Gasteiger partial charge in [-0.05, 0) is 104 Å². The lowest BCUT2D eigenvalue weighted by molar-refractivity contribution is 0.0642. The van der Waals surface area contributed by atoms with Crippen molar-refractivity contribution in [2.45, 2.75) is 108 Å². The first-order valence-corrected chi connectivity index (χ1v) is 46.7. The second kappa shape index (κ2) is 42.1. The maximum Gasteiger partial charge on any atom is 0.276 e. The fourth-order valence-corrected chi connectivity index (χ4v) is 20.1. The minimum absolute atomic E-state index is 0.0378. The Kier molecular flexibility index (Phi) is 29.1. The van der Waals surface area contributed by atoms with Crippen molar-refractivity contribution < 1.29 is 49.5 Å². The van der Waals surface area contributed by atoms with Gasteiger partial charge in [0.1, 0.15) is 0 Å². The molecule has 9 unspecified atom stereocenters. The lowest BCUT2D eigenvalue weighted by Gasteiger charge is -2.39. The van der Waals surface area contributed by atoms with Crippen LogP contribution in [0.3, 0.4) is 0 Å². The number of aromatic nitrogens is 10. The highest BCUT2D eigenvalue weighted by atomic mass is 16.3. The van der Waals surface area contributed by atoms with E-state index in [9.17, 15) is 73.5 Å². The van der Waals surface area contributed by atoms with Crippen molar-refractivity contribution in [1.29, 1.82) is 0 Å². The number of hydrogen-bond acceptors (Lipinski definition) is 20. The van der Waals surface area contributed by atoms with E-state index in [0.29, 0.717) is 39.3 Å². The van der Waals surface area contributed by atoms with Gasteiger partial charge in [0.05, 0.1) is 61.2 Å². The average Bonchev–Trinajstić information content (AvgIpc) is 0.765. The molecule has 5 aromatic heterocycles. The third kappa shape index (κ3) is 20.1. The molecule has 15 aromatic rings. The zero-order valence-electron chi connectivity index (χ0n) is 80.3. The van der Waals surface area contributed by atoms with Crippen molar-refractivity contribution in [1.82, 2.24) is 73.4 Å². The van der Waals surface area contributed by atoms with Crippen LogP contribution in [0.4, 0.5) is 0 Å². The first-order chi connectivity index (χ1) is 68.3. The van der Waals surface area contributed by atoms with Crippen LogP contribution < -0.4 is 27.1 Å². The molecule has 0 saturated heterocycles. The molecule has 20 rings (SSSR count). The Morgan fingerprint density at radius 1 is 0.239 bits per heavy atom. The molecule has 5 aliphatic rings. The molecule has 5 amide bonds. The molecule has 30 nitrogen and oxygen atoms in total. The van der Waals surface area contributed by atoms with Gasteiger partial charge in [0, 0.05) is 97.0 Å². The number of carbonyl (C=O) groups is 5. The Bertz CT molecular complexity index is 7140. The molecule has 5 aliphatic heterocycles. The van der Waals surface area contributed by atoms with Gasteiger partial charge in [-0.25, -0.2) is 0 Å². The van der Waals surface area contributed by atoms with Gasteiger partial charge in [-0.15, -0.1) is 0 Å². The summed E-state index contributed by atoms with van der Waals surface area (Å²) in [4.78, 5) is 131. The fraction of sp³-hybridized carbons (Fsp3) is 0.241. The van der Waals surface area contributed by atoms with Gasteiger partial charge in [-0.2, -0.15) is 25.5 Å². The summed E-state index contributed by atoms with van der Waals surface area (Å²) in [5.74, 6) is -5.27. The third-order valence-electron chi connectivity index (χ3n) is 26.8. The molecule has 142 heavy (non-hydrogen) atoms. The summed E-state index contributed by atoms with van der Waals surface area (Å²) in [6.07, 6.45) is 5.38. The maximum absolute atomic E-state index is 12.9. The van der Waals surface area contributed by atoms with Crippen LogP contribution in [0, 0.1) is 41.5 Å². The molecular weight excluding hydrogens is 1800 g/mol. The number of carbonyl (C=O) groups excluding carboxylic acids is 5. The van der Waals surface area contributed by atoms with E-state index in [-0.39, 0.29) is 94.2 Å². The lowest BCUT2D eigenvalue weighted by atomic mass is 9.83. The smallest absolute Gasteiger partial charge is 0.276 e. The largest absolute Gasteiger partial charge is 0.502 e. The number of rotatable bonds is 16. The molecule has 0 aliphatic carbocycles. The van der Waals surface area contributed by atoms with Crippen LogP contribution in [-0.4, -0.2) is 196 Å². The monoisotopic (exact) mass is 1900 g/mol. The van der Waals surface area contributed by atoms with E-state index >= 15 is 0 Å². The minimum Gasteiger partial charge on any atom is -0.502 e. The first kappa shape index (κ1) is 98.0. The van der Waals surface area contributed by atoms with Crippen molar-refractivity contribution in [2.24, 2.45) is 0 Å². The zero-order chi connectivity index (χ0) is 101. The van der Waals surface area contributed by atoms with E-state index in [2.05, 4.69) is 110 Å². The molecule has 0 fully saturated rings. The average molecular weight is 1910 g/mol. The SMILES string of the molecule is CCN1CC(C(c2ccccc2)c2cccc(C)c2)n2ncc(=O)c(O)c2C1=O.Cc1cccc(C(c2cccc(C)c2)C2CN(C)C(=O)c3c(O)c(=O)cnn32)c1.Cc1cccc(C(c2ccccc2)C2CN(C)C(=O)c3c(O)c(=O)cnn32)c1.Cc1cccc(C(c2ccccc2)C2CN(C)C(=O)c3c(O)c(=O)cnn32)c1.Cc1cccc(C(c2ccccc2)C2CN(C)C(=O)c3c(O)c(=O)cnn32)c1. The second-order valence-corrected chi connectivity index (χ2v) is 36.7. The van der Waals surface area contributed by atoms with Crippen molar-refractivity contribution >= 4 is 29.5 Å². The first-order valence-electron chi connectivity index (χ1n) is 46.7. The summed E-state index contributed by atoms with van der Waals surface area (Å²) in [5.41, 5.74) is 14.1. The highest BCUT2D eigenvalue weighted by Gasteiger charge is 2.45. The van der Waals surface area contributed by atoms with E-state index in [1.54, 1.807) is 38.0 Å². The molecule has 30 heteroatoms. The number of nitrogens with zero attached hydrogens (tertiary/aromatic N) is 15. The fourth-order valence-electron chi connectivity index (χ4n) is 20.1. The van der Waals surface area contributed by atoms with Crippen molar-refractivity contribution in [3.63, 3.8) is 0 Å². The minimum atomic E-state index is -0.652. The third-order valence-corrected chi connectivity index (χ3v) is 26.8. The van der Waals surface area contributed by atoms with Gasteiger partial charge in [0.2, 0.25) is 27.1 Å². The molecule has 0 bridgehead atoms. The van der Waals surface area contributed by atoms with Gasteiger partial charge < -0.3 is 50.0 Å². The summed E-state index contributed by atoms with van der Waals surface area (Å²) in [6.45, 7) is 16.7. The Hall–Kier alpha value is -17.1. The van der Waals surface area contributed by atoms with Crippen molar-refractivity contribution in [2.75, 3.05) is 67.5 Å². The summed E-state index contributed by atoms with van der Waals surface area (Å²) in [6, 6.07) is 88.2. The normalized spacial score (nSPS) is 17.0. The van der Waals surface area contributed by atoms with E-state index in [4.69, 9.17) is 0 Å². The van der Waals surface area contributed by atoms with Crippen LogP contribution in [0.5, 0.6) is 28.7 Å². The van der Waals surface area contributed by atoms with Crippen LogP contribution in [-0.2, 0) is 0 Å². The molecular formula is C112H109N15O15. The number of aromatic hydroxyl groups is 5. The predicted molar refractivity (Wildman–Crippen MR) is 537 cm³/mol. The van der Waals surface area contributed by atoms with Gasteiger partial charge >= 0.3 is 0 Å². The van der Waals surface area contributed by atoms with Gasteiger partial charge in [-0.1, -0.05) is 300 Å². The summed E-state index contributed by atoms with van der Waals surface area (Å²) >= 11 is 0. The molecule has 10 aromatic carbocycles. The number of amides is 5. The Morgan fingerprint density at radius 2 is 0.408 bits per heavy atom. The van der Waals surface area contributed by atoms with Gasteiger partial charge in [-0.3, -0.25) is 71.4 Å². The summed E-state index contributed by atoms with van der Waals surface area (Å²) < 4.78 is 7.59. The number of aryl methyl sites for hydroxylation is 6. The number of benzene rings is 10. The highest BCUT2D eigenvalue weighted by molar-refractivity contribution is 5.98. The maximum atomic E-state index is 12.9. The van der Waals surface area contributed by atoms with Crippen LogP contribution in [0.1, 0.15) is 208 Å². The topological polar surface area (TPSA) is 377 Å². The number of likely N-dealkylation sites (N-methyl/N-ethyl adjacent to an activating group) is 5. The van der Waals surface area contributed by atoms with Gasteiger partial charge in [0.25, 0.3) is 29.5 Å². The molecule has 10 heterocycles. The molecule has 722 valence electrons. The van der Waals surface area contributed by atoms with Gasteiger partial charge in [0.15, 0.2) is 57.2 Å². The van der Waals surface area contributed by atoms with E-state index in [1.165, 1.54) is 38.1 Å². The molecule has 9 atom stereocenters. The lowest BCUT2D eigenvalue weighted by Crippen LogP contribution is -2.46. The number of hydrogen-bond donors (Lipinski definition) is 5. The van der Waals surface area contributed by atoms with E-state index < -0.39 is 79.5 Å². The highest BCUT2D eigenvalue weighted by Crippen LogP contribution is 2.46. The second-order valence-electron chi connectivity index (χ2n) is 36.7. The Morgan fingerprint density at radius 3 is 0.592 bits per heavy atom. The Balaban J connectivity index is 0.000000128. The summed E-state index contributed by atoms with van der Waals surface area (Å²) in [5, 5.41) is 72.9. The molecule has 5 N–H and O–H groups in total. The Labute approximate surface area is 818 Å². The molecule has 0 radical (unpaired) electrons. The van der Waals surface area contributed by atoms with Crippen LogP contribution >= 0.6 is 0 Å². The van der Waals surface area contributed by atoms with E-state index in [0.717, 1.165) is 120 Å². The van der Waals surface area contributed by atoms with Crippen molar-refractivity contribution in [3.05, 3.63) is 467 Å². The van der Waals surface area contributed by atoms with Crippen LogP contribution in [0.15, 0.2) is 322 Å². The number of fused-ring (bicyclic) bond motifs is 5. The van der Waals surface area contributed by atoms with Crippen molar-refractivity contribution in [3.8, 4) is 28.7 Å².